The number of rotatable bonds is 0. The number of sulfone groups is 1. The Bertz CT molecular complexity index is 364. The molecule has 2 heterocycles. The van der Waals surface area contributed by atoms with Crippen LogP contribution in [0.25, 0.3) is 0 Å². The van der Waals surface area contributed by atoms with Crippen molar-refractivity contribution >= 4 is 9.84 Å². The summed E-state index contributed by atoms with van der Waals surface area (Å²) in [4.78, 5) is 0. The molecule has 0 bridgehead atoms. The standard InChI is InChI=1S/C6H6N2O2S/c9-11(10)4-3-8-6(5-11)1-2-7-8/h1-5,7H. The molecular weight excluding hydrogens is 164 g/mol. The van der Waals surface area contributed by atoms with Gasteiger partial charge in [-0.25, -0.2) is 8.42 Å². The highest BCUT2D eigenvalue weighted by Crippen LogP contribution is 2.17. The molecular formula is C6H6N2O2S. The number of allylic oxidation sites excluding steroid dienone is 1. The first-order chi connectivity index (χ1) is 5.17. The summed E-state index contributed by atoms with van der Waals surface area (Å²) in [6, 6.07) is 0. The second-order valence-electron chi connectivity index (χ2n) is 2.25. The van der Waals surface area contributed by atoms with Crippen molar-refractivity contribution in [3.63, 3.8) is 0 Å². The number of nitrogens with zero attached hydrogens (tertiary/aromatic N) is 1. The summed E-state index contributed by atoms with van der Waals surface area (Å²) in [6.45, 7) is 0. The van der Waals surface area contributed by atoms with E-state index < -0.39 is 9.84 Å². The number of fused-ring (bicyclic) bond motifs is 1. The van der Waals surface area contributed by atoms with Crippen molar-refractivity contribution in [1.82, 2.24) is 10.4 Å². The van der Waals surface area contributed by atoms with Gasteiger partial charge in [-0.05, 0) is 6.08 Å². The highest BCUT2D eigenvalue weighted by molar-refractivity contribution is 7.97. The van der Waals surface area contributed by atoms with Gasteiger partial charge in [0.2, 0.25) is 0 Å². The average molecular weight is 170 g/mol. The molecule has 0 saturated heterocycles. The van der Waals surface area contributed by atoms with E-state index in [1.165, 1.54) is 11.6 Å². The highest BCUT2D eigenvalue weighted by Gasteiger charge is 2.16. The van der Waals surface area contributed by atoms with Gasteiger partial charge in [-0.15, -0.1) is 0 Å². The van der Waals surface area contributed by atoms with Crippen molar-refractivity contribution in [2.24, 2.45) is 0 Å². The molecule has 0 fully saturated rings. The van der Waals surface area contributed by atoms with E-state index in [0.717, 1.165) is 5.41 Å². The average Bonchev–Trinajstić information content (AvgIpc) is 2.31. The van der Waals surface area contributed by atoms with Crippen LogP contribution in [0.3, 0.4) is 0 Å². The molecule has 58 valence electrons. The minimum absolute atomic E-state index is 0.646. The van der Waals surface area contributed by atoms with Crippen molar-refractivity contribution in [3.05, 3.63) is 35.0 Å². The molecule has 2 rings (SSSR count). The van der Waals surface area contributed by atoms with Crippen molar-refractivity contribution < 1.29 is 8.42 Å². The van der Waals surface area contributed by atoms with E-state index >= 15 is 0 Å². The Kier molecular flexibility index (Phi) is 1.11. The molecule has 2 aliphatic rings. The fraction of sp³-hybridized carbons (Fsp3) is 0. The van der Waals surface area contributed by atoms with Gasteiger partial charge in [0, 0.05) is 12.4 Å². The van der Waals surface area contributed by atoms with Gasteiger partial charge >= 0.3 is 0 Å². The zero-order chi connectivity index (χ0) is 7.90. The first-order valence-electron chi connectivity index (χ1n) is 3.04. The Hall–Kier alpha value is -1.23. The van der Waals surface area contributed by atoms with E-state index in [-0.39, 0.29) is 0 Å². The molecule has 5 heteroatoms. The fourth-order valence-corrected chi connectivity index (χ4v) is 1.83. The molecule has 0 atom stereocenters. The van der Waals surface area contributed by atoms with Crippen molar-refractivity contribution in [3.8, 4) is 0 Å². The van der Waals surface area contributed by atoms with Crippen LogP contribution in [0.15, 0.2) is 35.0 Å². The predicted octanol–water partition coefficient (Wildman–Crippen LogP) is 0.0613. The van der Waals surface area contributed by atoms with Gasteiger partial charge in [-0.1, -0.05) is 0 Å². The molecule has 0 saturated carbocycles. The second-order valence-corrected chi connectivity index (χ2v) is 3.94. The van der Waals surface area contributed by atoms with Gasteiger partial charge in [-0.3, -0.25) is 5.01 Å². The van der Waals surface area contributed by atoms with Gasteiger partial charge in [0.1, 0.15) is 0 Å². The lowest BCUT2D eigenvalue weighted by atomic mass is 10.5. The number of hydrazine groups is 1. The number of hydrogen-bond acceptors (Lipinski definition) is 4. The molecule has 0 aromatic heterocycles. The summed E-state index contributed by atoms with van der Waals surface area (Å²) in [5, 5.41) is 3.99. The molecule has 0 amide bonds. The fourth-order valence-electron chi connectivity index (χ4n) is 0.936. The molecule has 11 heavy (non-hydrogen) atoms. The Morgan fingerprint density at radius 3 is 3.09 bits per heavy atom. The molecule has 0 unspecified atom stereocenters. The van der Waals surface area contributed by atoms with Crippen LogP contribution in [-0.2, 0) is 9.84 Å². The minimum atomic E-state index is -3.11. The first-order valence-corrected chi connectivity index (χ1v) is 4.65. The van der Waals surface area contributed by atoms with Crippen molar-refractivity contribution in [2.45, 2.75) is 0 Å². The third-order valence-corrected chi connectivity index (χ3v) is 2.50. The van der Waals surface area contributed by atoms with E-state index in [1.807, 2.05) is 0 Å². The van der Waals surface area contributed by atoms with Crippen LogP contribution in [0.4, 0.5) is 0 Å². The molecule has 0 spiro atoms. The summed E-state index contributed by atoms with van der Waals surface area (Å²) in [5.41, 5.74) is 3.48. The lowest BCUT2D eigenvalue weighted by Gasteiger charge is -2.17. The largest absolute Gasteiger partial charge is 0.302 e. The predicted molar refractivity (Wildman–Crippen MR) is 40.3 cm³/mol. The topological polar surface area (TPSA) is 49.4 Å². The smallest absolute Gasteiger partial charge is 0.196 e. The SMILES string of the molecule is O=S1(=O)C=CN2NC=CC2=C1. The van der Waals surface area contributed by atoms with Crippen LogP contribution in [0.1, 0.15) is 0 Å². The highest BCUT2D eigenvalue weighted by atomic mass is 32.2. The monoisotopic (exact) mass is 170 g/mol. The minimum Gasteiger partial charge on any atom is -0.302 e. The Labute approximate surface area is 64.4 Å². The molecule has 0 radical (unpaired) electrons. The van der Waals surface area contributed by atoms with Crippen molar-refractivity contribution in [2.75, 3.05) is 0 Å². The van der Waals surface area contributed by atoms with E-state index in [4.69, 9.17) is 0 Å². The van der Waals surface area contributed by atoms with E-state index in [0.29, 0.717) is 5.70 Å². The zero-order valence-corrected chi connectivity index (χ0v) is 6.38. The molecule has 0 aromatic carbocycles. The maximum absolute atomic E-state index is 10.9. The lowest BCUT2D eigenvalue weighted by molar-refractivity contribution is 0.430. The van der Waals surface area contributed by atoms with E-state index in [1.54, 1.807) is 17.3 Å². The third kappa shape index (κ3) is 1.03. The van der Waals surface area contributed by atoms with Crippen molar-refractivity contribution in [1.29, 1.82) is 0 Å². The molecule has 4 nitrogen and oxygen atoms in total. The van der Waals surface area contributed by atoms with E-state index in [9.17, 15) is 8.42 Å². The first kappa shape index (κ1) is 6.48. The van der Waals surface area contributed by atoms with Crippen LogP contribution in [0, 0.1) is 0 Å². The maximum atomic E-state index is 10.9. The Morgan fingerprint density at radius 1 is 1.45 bits per heavy atom. The second kappa shape index (κ2) is 1.88. The third-order valence-electron chi connectivity index (χ3n) is 1.43. The number of nitrogens with one attached hydrogen (secondary N) is 1. The Balaban J connectivity index is 2.50. The molecule has 2 aliphatic heterocycles. The van der Waals surface area contributed by atoms with Gasteiger partial charge in [0.05, 0.1) is 16.5 Å². The van der Waals surface area contributed by atoms with E-state index in [2.05, 4.69) is 5.43 Å². The normalized spacial score (nSPS) is 24.4. The van der Waals surface area contributed by atoms with Crippen LogP contribution in [0.5, 0.6) is 0 Å². The summed E-state index contributed by atoms with van der Waals surface area (Å²) in [7, 11) is -3.11. The summed E-state index contributed by atoms with van der Waals surface area (Å²) in [5.74, 6) is 0. The van der Waals surface area contributed by atoms with Crippen LogP contribution >= 0.6 is 0 Å². The quantitative estimate of drug-likeness (QED) is 0.558. The molecule has 0 aliphatic carbocycles. The van der Waals surface area contributed by atoms with Crippen LogP contribution < -0.4 is 5.43 Å². The molecule has 0 aromatic rings. The Morgan fingerprint density at radius 2 is 2.27 bits per heavy atom. The maximum Gasteiger partial charge on any atom is 0.196 e. The summed E-state index contributed by atoms with van der Waals surface area (Å²) < 4.78 is 21.9. The van der Waals surface area contributed by atoms with Gasteiger partial charge < -0.3 is 5.43 Å². The lowest BCUT2D eigenvalue weighted by Crippen LogP contribution is -2.25. The zero-order valence-electron chi connectivity index (χ0n) is 5.56. The number of hydrogen-bond donors (Lipinski definition) is 1. The van der Waals surface area contributed by atoms with Gasteiger partial charge in [0.25, 0.3) is 0 Å². The van der Waals surface area contributed by atoms with Crippen LogP contribution in [-0.4, -0.2) is 13.4 Å². The van der Waals surface area contributed by atoms with Crippen LogP contribution in [0.2, 0.25) is 0 Å². The summed E-state index contributed by atoms with van der Waals surface area (Å²) >= 11 is 0. The van der Waals surface area contributed by atoms with Gasteiger partial charge in [0.15, 0.2) is 9.84 Å². The molecule has 1 N–H and O–H groups in total. The summed E-state index contributed by atoms with van der Waals surface area (Å²) in [6.07, 6.45) is 4.85. The van der Waals surface area contributed by atoms with Gasteiger partial charge in [-0.2, -0.15) is 0 Å².